The van der Waals surface area contributed by atoms with Crippen LogP contribution in [0.15, 0.2) is 22.7 Å². The minimum absolute atomic E-state index is 0.291. The molecule has 7 heteroatoms. The maximum absolute atomic E-state index is 12.9. The van der Waals surface area contributed by atoms with Gasteiger partial charge in [-0.05, 0) is 24.6 Å². The molecule has 2 nitrogen and oxygen atoms in total. The standard InChI is InChI=1S/C12H12Br2F3NO/c1-18(6-2-5-13)11(19)9-4-3-8(14)7-10(9)12(15,16)17/h3-4,7H,2,5-6H2,1H3. The Morgan fingerprint density at radius 1 is 1.37 bits per heavy atom. The number of nitrogens with zero attached hydrogens (tertiary/aromatic N) is 1. The molecule has 0 bridgehead atoms. The first-order chi connectivity index (χ1) is 8.77. The number of carbonyl (C=O) groups excluding carboxylic acids is 1. The van der Waals surface area contributed by atoms with Crippen LogP contribution in [0.3, 0.4) is 0 Å². The molecule has 0 saturated heterocycles. The quantitative estimate of drug-likeness (QED) is 0.686. The van der Waals surface area contributed by atoms with Gasteiger partial charge in [0.1, 0.15) is 0 Å². The fourth-order valence-corrected chi connectivity index (χ4v) is 2.15. The number of alkyl halides is 4. The van der Waals surface area contributed by atoms with E-state index in [-0.39, 0.29) is 5.56 Å². The van der Waals surface area contributed by atoms with Crippen LogP contribution in [0.2, 0.25) is 0 Å². The van der Waals surface area contributed by atoms with E-state index >= 15 is 0 Å². The second-order valence-electron chi connectivity index (χ2n) is 3.96. The molecule has 0 saturated carbocycles. The Kier molecular flexibility index (Phi) is 5.85. The second kappa shape index (κ2) is 6.74. The van der Waals surface area contributed by atoms with Crippen molar-refractivity contribution in [2.75, 3.05) is 18.9 Å². The van der Waals surface area contributed by atoms with Crippen molar-refractivity contribution >= 4 is 37.8 Å². The van der Waals surface area contributed by atoms with E-state index in [1.165, 1.54) is 24.1 Å². The van der Waals surface area contributed by atoms with Gasteiger partial charge in [0.15, 0.2) is 0 Å². The molecular weight excluding hydrogens is 391 g/mol. The summed E-state index contributed by atoms with van der Waals surface area (Å²) in [5.74, 6) is -0.624. The van der Waals surface area contributed by atoms with Gasteiger partial charge in [-0.15, -0.1) is 0 Å². The van der Waals surface area contributed by atoms with Crippen LogP contribution in [0.5, 0.6) is 0 Å². The zero-order valence-corrected chi connectivity index (χ0v) is 13.3. The predicted octanol–water partition coefficient (Wildman–Crippen LogP) is 4.32. The van der Waals surface area contributed by atoms with Gasteiger partial charge in [-0.3, -0.25) is 4.79 Å². The van der Waals surface area contributed by atoms with Crippen LogP contribution >= 0.6 is 31.9 Å². The van der Waals surface area contributed by atoms with Gasteiger partial charge in [-0.2, -0.15) is 13.2 Å². The van der Waals surface area contributed by atoms with Crippen LogP contribution in [-0.4, -0.2) is 29.7 Å². The predicted molar refractivity (Wildman–Crippen MR) is 74.5 cm³/mol. The Labute approximate surface area is 126 Å². The number of carbonyl (C=O) groups is 1. The first kappa shape index (κ1) is 16.5. The van der Waals surface area contributed by atoms with Crippen LogP contribution in [0.25, 0.3) is 0 Å². The summed E-state index contributed by atoms with van der Waals surface area (Å²) in [7, 11) is 1.49. The third-order valence-corrected chi connectivity index (χ3v) is 3.55. The van der Waals surface area contributed by atoms with E-state index in [1.807, 2.05) is 0 Å². The van der Waals surface area contributed by atoms with Crippen molar-refractivity contribution in [1.29, 1.82) is 0 Å². The number of hydrogen-bond acceptors (Lipinski definition) is 1. The monoisotopic (exact) mass is 401 g/mol. The number of hydrogen-bond donors (Lipinski definition) is 0. The van der Waals surface area contributed by atoms with E-state index in [2.05, 4.69) is 31.9 Å². The third kappa shape index (κ3) is 4.49. The summed E-state index contributed by atoms with van der Waals surface area (Å²) >= 11 is 6.20. The lowest BCUT2D eigenvalue weighted by Crippen LogP contribution is -2.30. The summed E-state index contributed by atoms with van der Waals surface area (Å²) in [6.07, 6.45) is -3.87. The molecule has 0 atom stereocenters. The van der Waals surface area contributed by atoms with Gasteiger partial charge in [0.2, 0.25) is 0 Å². The van der Waals surface area contributed by atoms with Gasteiger partial charge < -0.3 is 4.90 Å². The van der Waals surface area contributed by atoms with Gasteiger partial charge >= 0.3 is 6.18 Å². The molecule has 1 rings (SSSR count). The maximum atomic E-state index is 12.9. The summed E-state index contributed by atoms with van der Waals surface area (Å²) in [4.78, 5) is 13.3. The minimum Gasteiger partial charge on any atom is -0.342 e. The topological polar surface area (TPSA) is 20.3 Å². The van der Waals surface area contributed by atoms with Gasteiger partial charge in [0, 0.05) is 23.4 Å². The van der Waals surface area contributed by atoms with Crippen LogP contribution in [-0.2, 0) is 6.18 Å². The molecule has 0 aromatic heterocycles. The van der Waals surface area contributed by atoms with Crippen LogP contribution < -0.4 is 0 Å². The molecule has 106 valence electrons. The average molecular weight is 403 g/mol. The van der Waals surface area contributed by atoms with Gasteiger partial charge in [-0.25, -0.2) is 0 Å². The van der Waals surface area contributed by atoms with E-state index < -0.39 is 17.6 Å². The van der Waals surface area contributed by atoms with Gasteiger partial charge in [-0.1, -0.05) is 31.9 Å². The van der Waals surface area contributed by atoms with Crippen molar-refractivity contribution in [1.82, 2.24) is 4.90 Å². The maximum Gasteiger partial charge on any atom is 0.417 e. The molecule has 0 heterocycles. The van der Waals surface area contributed by atoms with E-state index in [1.54, 1.807) is 0 Å². The molecule has 0 aliphatic carbocycles. The smallest absolute Gasteiger partial charge is 0.342 e. The largest absolute Gasteiger partial charge is 0.417 e. The second-order valence-corrected chi connectivity index (χ2v) is 5.67. The molecule has 1 amide bonds. The Balaban J connectivity index is 3.09. The molecule has 19 heavy (non-hydrogen) atoms. The summed E-state index contributed by atoms with van der Waals surface area (Å²) < 4.78 is 39.0. The highest BCUT2D eigenvalue weighted by Gasteiger charge is 2.36. The minimum atomic E-state index is -4.55. The molecule has 0 aliphatic rings. The highest BCUT2D eigenvalue weighted by molar-refractivity contribution is 9.10. The molecule has 1 aromatic carbocycles. The van der Waals surface area contributed by atoms with Crippen LogP contribution in [0.4, 0.5) is 13.2 Å². The summed E-state index contributed by atoms with van der Waals surface area (Å²) in [6, 6.07) is 3.55. The van der Waals surface area contributed by atoms with E-state index in [0.717, 1.165) is 6.07 Å². The van der Waals surface area contributed by atoms with E-state index in [9.17, 15) is 18.0 Å². The molecule has 0 N–H and O–H groups in total. The average Bonchev–Trinajstić information content (AvgIpc) is 2.34. The van der Waals surface area contributed by atoms with Crippen LogP contribution in [0, 0.1) is 0 Å². The lowest BCUT2D eigenvalue weighted by atomic mass is 10.1. The van der Waals surface area contributed by atoms with Crippen molar-refractivity contribution in [3.8, 4) is 0 Å². The van der Waals surface area contributed by atoms with E-state index in [0.29, 0.717) is 22.8 Å². The number of rotatable bonds is 4. The fraction of sp³-hybridized carbons (Fsp3) is 0.417. The summed E-state index contributed by atoms with van der Waals surface area (Å²) in [5, 5.41) is 0.692. The SMILES string of the molecule is CN(CCCBr)C(=O)c1ccc(Br)cc1C(F)(F)F. The number of benzene rings is 1. The van der Waals surface area contributed by atoms with Crippen molar-refractivity contribution < 1.29 is 18.0 Å². The molecule has 0 unspecified atom stereocenters. The highest BCUT2D eigenvalue weighted by atomic mass is 79.9. The Bertz CT molecular complexity index is 463. The normalized spacial score (nSPS) is 11.5. The van der Waals surface area contributed by atoms with Crippen molar-refractivity contribution in [2.24, 2.45) is 0 Å². The molecule has 0 radical (unpaired) electrons. The fourth-order valence-electron chi connectivity index (χ4n) is 1.54. The van der Waals surface area contributed by atoms with E-state index in [4.69, 9.17) is 0 Å². The number of amides is 1. The molecule has 0 spiro atoms. The summed E-state index contributed by atoms with van der Waals surface area (Å²) in [5.41, 5.74) is -1.25. The lowest BCUT2D eigenvalue weighted by Gasteiger charge is -2.19. The Hall–Kier alpha value is -0.560. The number of halogens is 5. The molecular formula is C12H12Br2F3NO. The molecule has 0 aliphatic heterocycles. The van der Waals surface area contributed by atoms with Crippen molar-refractivity contribution in [3.05, 3.63) is 33.8 Å². The lowest BCUT2D eigenvalue weighted by molar-refractivity contribution is -0.138. The van der Waals surface area contributed by atoms with Crippen molar-refractivity contribution in [2.45, 2.75) is 12.6 Å². The summed E-state index contributed by atoms with van der Waals surface area (Å²) in [6.45, 7) is 0.400. The zero-order valence-electron chi connectivity index (χ0n) is 10.1. The third-order valence-electron chi connectivity index (χ3n) is 2.49. The Morgan fingerprint density at radius 2 is 2.00 bits per heavy atom. The molecule has 1 aromatic rings. The van der Waals surface area contributed by atoms with Crippen LogP contribution in [0.1, 0.15) is 22.3 Å². The zero-order chi connectivity index (χ0) is 14.6. The Morgan fingerprint density at radius 3 is 2.53 bits per heavy atom. The first-order valence-electron chi connectivity index (χ1n) is 5.45. The van der Waals surface area contributed by atoms with Crippen molar-refractivity contribution in [3.63, 3.8) is 0 Å². The van der Waals surface area contributed by atoms with Gasteiger partial charge in [0.05, 0.1) is 11.1 Å². The van der Waals surface area contributed by atoms with Gasteiger partial charge in [0.25, 0.3) is 5.91 Å². The highest BCUT2D eigenvalue weighted by Crippen LogP contribution is 2.34. The molecule has 0 fully saturated rings. The first-order valence-corrected chi connectivity index (χ1v) is 7.37.